The maximum atomic E-state index is 12.3. The first-order valence-corrected chi connectivity index (χ1v) is 8.02. The number of rotatable bonds is 6. The highest BCUT2D eigenvalue weighted by Crippen LogP contribution is 2.30. The SMILES string of the molecule is CCC(Sc1nnc(N)s1)C(=O)Nc1cccc(OC)c1. The zero-order valence-corrected chi connectivity index (χ0v) is 13.3. The van der Waals surface area contributed by atoms with Crippen molar-refractivity contribution in [1.29, 1.82) is 0 Å². The Morgan fingerprint density at radius 1 is 1.52 bits per heavy atom. The summed E-state index contributed by atoms with van der Waals surface area (Å²) in [4.78, 5) is 12.3. The average molecular weight is 324 g/mol. The second-order valence-corrected chi connectivity index (χ2v) is 6.60. The molecule has 1 unspecified atom stereocenters. The minimum absolute atomic E-state index is 0.0791. The van der Waals surface area contributed by atoms with E-state index in [-0.39, 0.29) is 11.2 Å². The molecule has 1 aromatic carbocycles. The predicted octanol–water partition coefficient (Wildman–Crippen LogP) is 2.64. The summed E-state index contributed by atoms with van der Waals surface area (Å²) in [5.41, 5.74) is 6.25. The van der Waals surface area contributed by atoms with Gasteiger partial charge in [0, 0.05) is 11.8 Å². The number of nitrogens with two attached hydrogens (primary N) is 1. The molecule has 0 saturated carbocycles. The Bertz CT molecular complexity index is 618. The van der Waals surface area contributed by atoms with E-state index in [1.165, 1.54) is 23.1 Å². The van der Waals surface area contributed by atoms with Crippen molar-refractivity contribution in [1.82, 2.24) is 10.2 Å². The molecule has 0 aliphatic carbocycles. The van der Waals surface area contributed by atoms with Crippen LogP contribution in [0.5, 0.6) is 5.75 Å². The molecule has 2 rings (SSSR count). The third kappa shape index (κ3) is 4.33. The number of hydrogen-bond acceptors (Lipinski definition) is 7. The number of hydrogen-bond donors (Lipinski definition) is 2. The number of aromatic nitrogens is 2. The largest absolute Gasteiger partial charge is 0.497 e. The minimum atomic E-state index is -0.247. The Kier molecular flexibility index (Phi) is 5.40. The lowest BCUT2D eigenvalue weighted by molar-refractivity contribution is -0.115. The van der Waals surface area contributed by atoms with E-state index >= 15 is 0 Å². The van der Waals surface area contributed by atoms with E-state index in [9.17, 15) is 4.79 Å². The molecule has 1 amide bonds. The molecule has 8 heteroatoms. The fourth-order valence-electron chi connectivity index (χ4n) is 1.64. The molecule has 0 saturated heterocycles. The molecule has 0 aliphatic rings. The quantitative estimate of drug-likeness (QED) is 0.794. The summed E-state index contributed by atoms with van der Waals surface area (Å²) in [6.07, 6.45) is 0.681. The van der Waals surface area contributed by atoms with E-state index < -0.39 is 0 Å². The van der Waals surface area contributed by atoms with Crippen LogP contribution < -0.4 is 15.8 Å². The van der Waals surface area contributed by atoms with E-state index in [2.05, 4.69) is 15.5 Å². The lowest BCUT2D eigenvalue weighted by Crippen LogP contribution is -2.24. The first kappa shape index (κ1) is 15.6. The van der Waals surface area contributed by atoms with Gasteiger partial charge in [-0.15, -0.1) is 10.2 Å². The Morgan fingerprint density at radius 3 is 2.95 bits per heavy atom. The zero-order chi connectivity index (χ0) is 15.2. The van der Waals surface area contributed by atoms with E-state index in [1.54, 1.807) is 13.2 Å². The Hall–Kier alpha value is -1.80. The van der Waals surface area contributed by atoms with E-state index in [0.29, 0.717) is 27.3 Å². The molecule has 21 heavy (non-hydrogen) atoms. The van der Waals surface area contributed by atoms with Crippen molar-refractivity contribution in [3.63, 3.8) is 0 Å². The molecule has 0 radical (unpaired) electrons. The van der Waals surface area contributed by atoms with Gasteiger partial charge < -0.3 is 15.8 Å². The van der Waals surface area contributed by atoms with E-state index in [4.69, 9.17) is 10.5 Å². The molecule has 112 valence electrons. The van der Waals surface area contributed by atoms with Crippen molar-refractivity contribution in [3.8, 4) is 5.75 Å². The highest BCUT2D eigenvalue weighted by molar-refractivity contribution is 8.02. The number of anilines is 2. The molecular formula is C13H16N4O2S2. The molecule has 3 N–H and O–H groups in total. The fourth-order valence-corrected chi connectivity index (χ4v) is 3.44. The van der Waals surface area contributed by atoms with Crippen LogP contribution in [0.1, 0.15) is 13.3 Å². The topological polar surface area (TPSA) is 90.1 Å². The van der Waals surface area contributed by atoms with Gasteiger partial charge in [-0.05, 0) is 18.6 Å². The monoisotopic (exact) mass is 324 g/mol. The van der Waals surface area contributed by atoms with Gasteiger partial charge in [0.05, 0.1) is 12.4 Å². The van der Waals surface area contributed by atoms with Crippen LogP contribution in [0, 0.1) is 0 Å². The third-order valence-electron chi connectivity index (χ3n) is 2.67. The van der Waals surface area contributed by atoms with Gasteiger partial charge in [0.2, 0.25) is 11.0 Å². The second kappa shape index (κ2) is 7.28. The second-order valence-electron chi connectivity index (χ2n) is 4.14. The molecule has 0 fully saturated rings. The van der Waals surface area contributed by atoms with Gasteiger partial charge in [0.1, 0.15) is 5.75 Å². The molecule has 1 heterocycles. The Labute approximate surface area is 131 Å². The summed E-state index contributed by atoms with van der Waals surface area (Å²) in [7, 11) is 1.59. The van der Waals surface area contributed by atoms with Crippen LogP contribution in [0.25, 0.3) is 0 Å². The third-order valence-corrected chi connectivity index (χ3v) is 4.87. The summed E-state index contributed by atoms with van der Waals surface area (Å²) >= 11 is 2.65. The van der Waals surface area contributed by atoms with E-state index in [1.807, 2.05) is 25.1 Å². The number of carbonyl (C=O) groups is 1. The number of thioether (sulfide) groups is 1. The highest BCUT2D eigenvalue weighted by atomic mass is 32.2. The Morgan fingerprint density at radius 2 is 2.33 bits per heavy atom. The molecule has 1 atom stereocenters. The van der Waals surface area contributed by atoms with Gasteiger partial charge in [-0.25, -0.2) is 0 Å². The zero-order valence-electron chi connectivity index (χ0n) is 11.7. The van der Waals surface area contributed by atoms with Crippen LogP contribution in [-0.2, 0) is 4.79 Å². The highest BCUT2D eigenvalue weighted by Gasteiger charge is 2.20. The van der Waals surface area contributed by atoms with Crippen molar-refractivity contribution in [2.75, 3.05) is 18.2 Å². The minimum Gasteiger partial charge on any atom is -0.497 e. The number of nitrogen functional groups attached to an aromatic ring is 1. The molecule has 6 nitrogen and oxygen atoms in total. The summed E-state index contributed by atoms with van der Waals surface area (Å²) in [6.45, 7) is 1.95. The fraction of sp³-hybridized carbons (Fsp3) is 0.308. The molecule has 0 spiro atoms. The lowest BCUT2D eigenvalue weighted by atomic mass is 10.2. The Balaban J connectivity index is 2.02. The van der Waals surface area contributed by atoms with Gasteiger partial charge in [-0.3, -0.25) is 4.79 Å². The first-order valence-electron chi connectivity index (χ1n) is 6.33. The number of amides is 1. The van der Waals surface area contributed by atoms with Crippen LogP contribution >= 0.6 is 23.1 Å². The summed E-state index contributed by atoms with van der Waals surface area (Å²) in [6, 6.07) is 7.25. The van der Waals surface area contributed by atoms with Crippen LogP contribution in [-0.4, -0.2) is 28.5 Å². The number of ether oxygens (including phenoxy) is 1. The standard InChI is InChI=1S/C13H16N4O2S2/c1-3-10(20-13-17-16-12(14)21-13)11(18)15-8-5-4-6-9(7-8)19-2/h4-7,10H,3H2,1-2H3,(H2,14,16)(H,15,18). The van der Waals surface area contributed by atoms with E-state index in [0.717, 1.165) is 0 Å². The smallest absolute Gasteiger partial charge is 0.237 e. The van der Waals surface area contributed by atoms with Gasteiger partial charge in [-0.2, -0.15) is 0 Å². The van der Waals surface area contributed by atoms with Gasteiger partial charge >= 0.3 is 0 Å². The number of methoxy groups -OCH3 is 1. The molecule has 0 aliphatic heterocycles. The summed E-state index contributed by atoms with van der Waals surface area (Å²) in [5.74, 6) is 0.620. The van der Waals surface area contributed by atoms with Crippen molar-refractivity contribution >= 4 is 39.8 Å². The molecule has 0 bridgehead atoms. The number of benzene rings is 1. The first-order chi connectivity index (χ1) is 10.1. The van der Waals surface area contributed by atoms with Gasteiger partial charge in [-0.1, -0.05) is 36.1 Å². The summed E-state index contributed by atoms with van der Waals surface area (Å²) < 4.78 is 5.83. The number of nitrogens with zero attached hydrogens (tertiary/aromatic N) is 2. The van der Waals surface area contributed by atoms with Crippen LogP contribution in [0.3, 0.4) is 0 Å². The number of carbonyl (C=O) groups excluding carboxylic acids is 1. The molecule has 2 aromatic rings. The van der Waals surface area contributed by atoms with Gasteiger partial charge in [0.25, 0.3) is 0 Å². The van der Waals surface area contributed by atoms with Gasteiger partial charge in [0.15, 0.2) is 4.34 Å². The normalized spacial score (nSPS) is 11.9. The lowest BCUT2D eigenvalue weighted by Gasteiger charge is -2.13. The maximum Gasteiger partial charge on any atom is 0.237 e. The molecule has 1 aromatic heterocycles. The maximum absolute atomic E-state index is 12.3. The predicted molar refractivity (Wildman–Crippen MR) is 85.9 cm³/mol. The number of nitrogens with one attached hydrogen (secondary N) is 1. The van der Waals surface area contributed by atoms with Crippen molar-refractivity contribution in [2.24, 2.45) is 0 Å². The van der Waals surface area contributed by atoms with Crippen LogP contribution in [0.15, 0.2) is 28.6 Å². The average Bonchev–Trinajstić information content (AvgIpc) is 2.90. The molecular weight excluding hydrogens is 308 g/mol. The van der Waals surface area contributed by atoms with Crippen molar-refractivity contribution < 1.29 is 9.53 Å². The van der Waals surface area contributed by atoms with Crippen molar-refractivity contribution in [3.05, 3.63) is 24.3 Å². The summed E-state index contributed by atoms with van der Waals surface area (Å²) in [5, 5.41) is 10.7. The van der Waals surface area contributed by atoms with Crippen LogP contribution in [0.4, 0.5) is 10.8 Å². The van der Waals surface area contributed by atoms with Crippen molar-refractivity contribution in [2.45, 2.75) is 22.9 Å². The van der Waals surface area contributed by atoms with Crippen LogP contribution in [0.2, 0.25) is 0 Å².